The number of pyridine rings is 1. The first-order chi connectivity index (χ1) is 13.2. The van der Waals surface area contributed by atoms with Gasteiger partial charge in [-0.1, -0.05) is 18.2 Å². The Labute approximate surface area is 158 Å². The van der Waals surface area contributed by atoms with E-state index in [9.17, 15) is 9.18 Å². The highest BCUT2D eigenvalue weighted by molar-refractivity contribution is 5.95. The van der Waals surface area contributed by atoms with Gasteiger partial charge in [-0.05, 0) is 24.3 Å². The summed E-state index contributed by atoms with van der Waals surface area (Å²) >= 11 is 0. The Hall–Kier alpha value is -2.98. The number of amides is 1. The molecule has 0 saturated carbocycles. The van der Waals surface area contributed by atoms with Gasteiger partial charge in [0, 0.05) is 38.9 Å². The predicted octanol–water partition coefficient (Wildman–Crippen LogP) is 2.29. The number of carbonyl (C=O) groups excluding carboxylic acids is 1. The van der Waals surface area contributed by atoms with E-state index >= 15 is 0 Å². The molecule has 1 aromatic heterocycles. The molecule has 1 aromatic carbocycles. The van der Waals surface area contributed by atoms with Crippen molar-refractivity contribution in [3.05, 3.63) is 54.5 Å². The van der Waals surface area contributed by atoms with Gasteiger partial charge in [-0.25, -0.2) is 9.37 Å². The van der Waals surface area contributed by atoms with E-state index in [1.54, 1.807) is 24.4 Å². The summed E-state index contributed by atoms with van der Waals surface area (Å²) in [7, 11) is 0. The average molecular weight is 367 g/mol. The summed E-state index contributed by atoms with van der Waals surface area (Å²) in [4.78, 5) is 22.8. The lowest BCUT2D eigenvalue weighted by Gasteiger charge is -2.36. The Morgan fingerprint density at radius 2 is 1.89 bits per heavy atom. The fourth-order valence-corrected chi connectivity index (χ4v) is 3.16. The van der Waals surface area contributed by atoms with Crippen molar-refractivity contribution < 1.29 is 9.18 Å². The zero-order chi connectivity index (χ0) is 19.1. The summed E-state index contributed by atoms with van der Waals surface area (Å²) in [6.07, 6.45) is 1.93. The fraction of sp³-hybridized carbons (Fsp3) is 0.350. The molecule has 0 radical (unpaired) electrons. The lowest BCUT2D eigenvalue weighted by atomic mass is 10.2. The van der Waals surface area contributed by atoms with E-state index in [1.165, 1.54) is 11.0 Å². The molecular formula is C20H22FN5O. The molecule has 27 heavy (non-hydrogen) atoms. The van der Waals surface area contributed by atoms with Crippen molar-refractivity contribution in [2.75, 3.05) is 49.1 Å². The van der Waals surface area contributed by atoms with E-state index in [-0.39, 0.29) is 31.1 Å². The molecular weight excluding hydrogens is 345 g/mol. The minimum Gasteiger partial charge on any atom is -0.354 e. The second kappa shape index (κ2) is 9.10. The number of carbonyl (C=O) groups is 1. The maximum atomic E-state index is 14.1. The van der Waals surface area contributed by atoms with Gasteiger partial charge in [0.25, 0.3) is 0 Å². The number of nitrogens with zero attached hydrogens (tertiary/aromatic N) is 5. The molecule has 1 amide bonds. The molecule has 2 aromatic rings. The first-order valence-corrected chi connectivity index (χ1v) is 8.99. The molecule has 140 valence electrons. The molecule has 0 N–H and O–H groups in total. The van der Waals surface area contributed by atoms with Crippen LogP contribution in [-0.2, 0) is 4.79 Å². The van der Waals surface area contributed by atoms with Crippen molar-refractivity contribution in [3.63, 3.8) is 0 Å². The number of anilines is 2. The highest BCUT2D eigenvalue weighted by Gasteiger charge is 2.24. The molecule has 1 aliphatic rings. The second-order valence-corrected chi connectivity index (χ2v) is 6.36. The molecule has 0 unspecified atom stereocenters. The number of halogens is 1. The van der Waals surface area contributed by atoms with Gasteiger partial charge in [0.2, 0.25) is 5.91 Å². The topological polar surface area (TPSA) is 63.5 Å². The molecule has 1 aliphatic heterocycles. The van der Waals surface area contributed by atoms with E-state index in [1.807, 2.05) is 24.3 Å². The van der Waals surface area contributed by atoms with Crippen molar-refractivity contribution in [1.82, 2.24) is 9.88 Å². The number of hydrogen-bond acceptors (Lipinski definition) is 5. The summed E-state index contributed by atoms with van der Waals surface area (Å²) in [6, 6.07) is 14.0. The number of nitriles is 1. The van der Waals surface area contributed by atoms with Crippen LogP contribution in [0.4, 0.5) is 15.9 Å². The number of para-hydroxylation sites is 1. The van der Waals surface area contributed by atoms with Gasteiger partial charge in [-0.15, -0.1) is 0 Å². The second-order valence-electron chi connectivity index (χ2n) is 6.36. The predicted molar refractivity (Wildman–Crippen MR) is 102 cm³/mol. The minimum absolute atomic E-state index is 0.160. The summed E-state index contributed by atoms with van der Waals surface area (Å²) in [5, 5.41) is 8.87. The molecule has 1 fully saturated rings. The van der Waals surface area contributed by atoms with Crippen LogP contribution in [-0.4, -0.2) is 55.1 Å². The van der Waals surface area contributed by atoms with Crippen molar-refractivity contribution >= 4 is 17.4 Å². The maximum absolute atomic E-state index is 14.1. The summed E-state index contributed by atoms with van der Waals surface area (Å²) in [5.74, 6) is 0.288. The average Bonchev–Trinajstić information content (AvgIpc) is 2.71. The Morgan fingerprint density at radius 3 is 2.56 bits per heavy atom. The Bertz CT molecular complexity index is 800. The molecule has 0 spiro atoms. The maximum Gasteiger partial charge on any atom is 0.241 e. The lowest BCUT2D eigenvalue weighted by Crippen LogP contribution is -2.50. The van der Waals surface area contributed by atoms with Gasteiger partial charge < -0.3 is 9.80 Å². The van der Waals surface area contributed by atoms with Crippen LogP contribution in [0.3, 0.4) is 0 Å². The molecule has 3 rings (SSSR count). The smallest absolute Gasteiger partial charge is 0.241 e. The number of benzene rings is 1. The molecule has 0 bridgehead atoms. The number of hydrogen-bond donors (Lipinski definition) is 0. The SMILES string of the molecule is N#CCCN(C(=O)CN1CCN(c2ccccn2)CC1)c1ccccc1F. The molecule has 0 atom stereocenters. The molecule has 1 saturated heterocycles. The van der Waals surface area contributed by atoms with Gasteiger partial charge in [0.05, 0.1) is 24.7 Å². The monoisotopic (exact) mass is 367 g/mol. The van der Waals surface area contributed by atoms with Crippen LogP contribution >= 0.6 is 0 Å². The Kier molecular flexibility index (Phi) is 6.34. The third-order valence-electron chi connectivity index (χ3n) is 4.60. The molecule has 0 aliphatic carbocycles. The van der Waals surface area contributed by atoms with E-state index < -0.39 is 5.82 Å². The normalized spacial score (nSPS) is 14.6. The van der Waals surface area contributed by atoms with Gasteiger partial charge in [0.15, 0.2) is 0 Å². The zero-order valence-electron chi connectivity index (χ0n) is 15.1. The minimum atomic E-state index is -0.455. The summed E-state index contributed by atoms with van der Waals surface area (Å²) < 4.78 is 14.1. The van der Waals surface area contributed by atoms with Crippen LogP contribution in [0.15, 0.2) is 48.7 Å². The van der Waals surface area contributed by atoms with Crippen LogP contribution in [0.5, 0.6) is 0 Å². The Balaban J connectivity index is 1.61. The van der Waals surface area contributed by atoms with E-state index in [0.717, 1.165) is 32.0 Å². The van der Waals surface area contributed by atoms with Crippen molar-refractivity contribution in [2.24, 2.45) is 0 Å². The van der Waals surface area contributed by atoms with Gasteiger partial charge in [0.1, 0.15) is 11.6 Å². The standard InChI is InChI=1S/C20H22FN5O/c21-17-6-1-2-7-18(17)26(11-5-9-22)20(27)16-24-12-14-25(15-13-24)19-8-3-4-10-23-19/h1-4,6-8,10H,5,11-16H2. The highest BCUT2D eigenvalue weighted by Crippen LogP contribution is 2.20. The van der Waals surface area contributed by atoms with Crippen LogP contribution in [0.25, 0.3) is 0 Å². The van der Waals surface area contributed by atoms with Crippen molar-refractivity contribution in [1.29, 1.82) is 5.26 Å². The Morgan fingerprint density at radius 1 is 1.15 bits per heavy atom. The van der Waals surface area contributed by atoms with Crippen LogP contribution in [0, 0.1) is 17.1 Å². The van der Waals surface area contributed by atoms with Gasteiger partial charge in [-0.2, -0.15) is 5.26 Å². The summed E-state index contributed by atoms with van der Waals surface area (Å²) in [6.45, 7) is 3.40. The third-order valence-corrected chi connectivity index (χ3v) is 4.60. The van der Waals surface area contributed by atoms with Crippen LogP contribution in [0.1, 0.15) is 6.42 Å². The third kappa shape index (κ3) is 4.80. The largest absolute Gasteiger partial charge is 0.354 e. The van der Waals surface area contributed by atoms with Crippen molar-refractivity contribution in [3.8, 4) is 6.07 Å². The number of aromatic nitrogens is 1. The van der Waals surface area contributed by atoms with E-state index in [0.29, 0.717) is 0 Å². The molecule has 6 nitrogen and oxygen atoms in total. The van der Waals surface area contributed by atoms with E-state index in [4.69, 9.17) is 5.26 Å². The zero-order valence-corrected chi connectivity index (χ0v) is 15.1. The lowest BCUT2D eigenvalue weighted by molar-refractivity contribution is -0.119. The summed E-state index contributed by atoms with van der Waals surface area (Å²) in [5.41, 5.74) is 0.227. The molecule has 7 heteroatoms. The number of piperazine rings is 1. The van der Waals surface area contributed by atoms with Crippen LogP contribution < -0.4 is 9.80 Å². The van der Waals surface area contributed by atoms with E-state index in [2.05, 4.69) is 14.8 Å². The highest BCUT2D eigenvalue weighted by atomic mass is 19.1. The molecule has 2 heterocycles. The first-order valence-electron chi connectivity index (χ1n) is 8.99. The van der Waals surface area contributed by atoms with Crippen molar-refractivity contribution in [2.45, 2.75) is 6.42 Å². The number of rotatable bonds is 6. The van der Waals surface area contributed by atoms with Gasteiger partial charge in [-0.3, -0.25) is 9.69 Å². The van der Waals surface area contributed by atoms with Crippen LogP contribution in [0.2, 0.25) is 0 Å². The van der Waals surface area contributed by atoms with Gasteiger partial charge >= 0.3 is 0 Å². The quantitative estimate of drug-likeness (QED) is 0.784. The first kappa shape index (κ1) is 18.8. The fourth-order valence-electron chi connectivity index (χ4n) is 3.16.